The zero-order chi connectivity index (χ0) is 8.97. The van der Waals surface area contributed by atoms with Gasteiger partial charge in [0, 0.05) is 12.5 Å². The molecule has 12 heavy (non-hydrogen) atoms. The van der Waals surface area contributed by atoms with E-state index in [9.17, 15) is 4.79 Å². The zero-order valence-electron chi connectivity index (χ0n) is 7.12. The largest absolute Gasteiger partial charge is 0.358 e. The lowest BCUT2D eigenvalue weighted by Crippen LogP contribution is -2.57. The Bertz CT molecular complexity index is 172. The first-order valence-corrected chi connectivity index (χ1v) is 4.00. The van der Waals surface area contributed by atoms with Crippen LogP contribution in [0.15, 0.2) is 12.7 Å². The molecule has 3 unspecified atom stereocenters. The quantitative estimate of drug-likeness (QED) is 0.445. The van der Waals surface area contributed by atoms with Crippen molar-refractivity contribution in [3.8, 4) is 0 Å². The molecule has 68 valence electrons. The van der Waals surface area contributed by atoms with E-state index >= 15 is 0 Å². The van der Waals surface area contributed by atoms with Crippen LogP contribution < -0.4 is 10.8 Å². The van der Waals surface area contributed by atoms with Crippen molar-refractivity contribution < 1.29 is 9.63 Å². The van der Waals surface area contributed by atoms with Crippen molar-refractivity contribution in [1.29, 1.82) is 0 Å². The van der Waals surface area contributed by atoms with E-state index in [1.54, 1.807) is 6.08 Å². The summed E-state index contributed by atoms with van der Waals surface area (Å²) in [5.41, 5.74) is 2.79. The van der Waals surface area contributed by atoms with Gasteiger partial charge in [-0.2, -0.15) is 5.48 Å². The topological polar surface area (TPSA) is 50.4 Å². The maximum absolute atomic E-state index is 10.0. The number of hydroxylamine groups is 1. The summed E-state index contributed by atoms with van der Waals surface area (Å²) in [6, 6.07) is 0.335. The molecule has 0 aromatic carbocycles. The van der Waals surface area contributed by atoms with Crippen molar-refractivity contribution >= 4 is 6.41 Å². The van der Waals surface area contributed by atoms with Crippen LogP contribution in [0.1, 0.15) is 6.92 Å². The molecule has 1 heterocycles. The van der Waals surface area contributed by atoms with Gasteiger partial charge in [0.05, 0.1) is 6.04 Å². The Morgan fingerprint density at radius 3 is 2.92 bits per heavy atom. The van der Waals surface area contributed by atoms with Crippen LogP contribution in [-0.2, 0) is 9.63 Å². The van der Waals surface area contributed by atoms with Gasteiger partial charge in [0.1, 0.15) is 6.10 Å². The van der Waals surface area contributed by atoms with Gasteiger partial charge in [-0.25, -0.2) is 0 Å². The van der Waals surface area contributed by atoms with Crippen LogP contribution in [0.2, 0.25) is 0 Å². The number of hydrogen-bond acceptors (Lipinski definition) is 3. The first-order valence-electron chi connectivity index (χ1n) is 4.00. The van der Waals surface area contributed by atoms with Crippen molar-refractivity contribution in [1.82, 2.24) is 10.8 Å². The predicted octanol–water partition coefficient (Wildman–Crippen LogP) is -0.174. The Balaban J connectivity index is 2.33. The molecule has 1 fully saturated rings. The fourth-order valence-electron chi connectivity index (χ4n) is 1.26. The first kappa shape index (κ1) is 9.22. The monoisotopic (exact) mass is 170 g/mol. The van der Waals surface area contributed by atoms with Crippen molar-refractivity contribution in [2.45, 2.75) is 19.1 Å². The molecule has 0 aromatic rings. The summed E-state index contributed by atoms with van der Waals surface area (Å²) in [5.74, 6) is 0.187. The lowest BCUT2D eigenvalue weighted by atomic mass is 9.95. The Labute approximate surface area is 71.9 Å². The van der Waals surface area contributed by atoms with E-state index in [2.05, 4.69) is 17.4 Å². The molecule has 1 aliphatic heterocycles. The summed E-state index contributed by atoms with van der Waals surface area (Å²) in [5, 5.41) is 2.61. The fourth-order valence-corrected chi connectivity index (χ4v) is 1.26. The molecular formula is C8H14N2O2. The number of amides is 1. The van der Waals surface area contributed by atoms with E-state index in [0.29, 0.717) is 19.0 Å². The van der Waals surface area contributed by atoms with Crippen molar-refractivity contribution in [3.63, 3.8) is 0 Å². The van der Waals surface area contributed by atoms with Crippen LogP contribution in [0.5, 0.6) is 0 Å². The van der Waals surface area contributed by atoms with Gasteiger partial charge >= 0.3 is 0 Å². The molecule has 0 bridgehead atoms. The molecule has 1 amide bonds. The van der Waals surface area contributed by atoms with E-state index in [1.807, 2.05) is 6.92 Å². The molecular weight excluding hydrogens is 156 g/mol. The van der Waals surface area contributed by atoms with Crippen LogP contribution in [0.4, 0.5) is 0 Å². The minimum atomic E-state index is 0.134. The summed E-state index contributed by atoms with van der Waals surface area (Å²) in [4.78, 5) is 15.1. The number of nitrogens with one attached hydrogen (secondary N) is 2. The third kappa shape index (κ3) is 1.84. The summed E-state index contributed by atoms with van der Waals surface area (Å²) in [7, 11) is 0. The summed E-state index contributed by atoms with van der Waals surface area (Å²) < 4.78 is 0. The highest BCUT2D eigenvalue weighted by molar-refractivity contribution is 5.45. The molecule has 0 radical (unpaired) electrons. The Morgan fingerprint density at radius 1 is 1.83 bits per heavy atom. The molecule has 0 spiro atoms. The third-order valence-corrected chi connectivity index (χ3v) is 2.04. The van der Waals surface area contributed by atoms with E-state index in [0.717, 1.165) is 0 Å². The van der Waals surface area contributed by atoms with Crippen molar-refractivity contribution in [3.05, 3.63) is 12.7 Å². The molecule has 1 aliphatic rings. The van der Waals surface area contributed by atoms with Crippen LogP contribution in [0.3, 0.4) is 0 Å². The molecule has 0 aromatic heterocycles. The third-order valence-electron chi connectivity index (χ3n) is 2.04. The molecule has 3 atom stereocenters. The average molecular weight is 170 g/mol. The van der Waals surface area contributed by atoms with Crippen LogP contribution >= 0.6 is 0 Å². The van der Waals surface area contributed by atoms with Gasteiger partial charge in [0.25, 0.3) is 0 Å². The fraction of sp³-hybridized carbons (Fsp3) is 0.625. The highest BCUT2D eigenvalue weighted by atomic mass is 16.7. The SMILES string of the molecule is C=CC(CNC=O)C1ONC1C. The highest BCUT2D eigenvalue weighted by Gasteiger charge is 2.33. The molecule has 0 saturated carbocycles. The number of carbonyl (C=O) groups excluding carboxylic acids is 1. The standard InChI is InChI=1S/C8H14N2O2/c1-3-7(4-9-5-11)8-6(2)10-12-8/h3,5-8,10H,1,4H2,2H3,(H,9,11). The van der Waals surface area contributed by atoms with Gasteiger partial charge in [0.15, 0.2) is 0 Å². The van der Waals surface area contributed by atoms with Crippen LogP contribution in [0.25, 0.3) is 0 Å². The number of rotatable bonds is 5. The van der Waals surface area contributed by atoms with Crippen molar-refractivity contribution in [2.75, 3.05) is 6.54 Å². The zero-order valence-corrected chi connectivity index (χ0v) is 7.12. The van der Waals surface area contributed by atoms with Gasteiger partial charge in [0.2, 0.25) is 6.41 Å². The molecule has 4 heteroatoms. The van der Waals surface area contributed by atoms with Gasteiger partial charge in [-0.15, -0.1) is 6.58 Å². The molecule has 0 aliphatic carbocycles. The number of carbonyl (C=O) groups is 1. The van der Waals surface area contributed by atoms with Crippen molar-refractivity contribution in [2.24, 2.45) is 5.92 Å². The van der Waals surface area contributed by atoms with Crippen LogP contribution in [0, 0.1) is 5.92 Å². The number of hydrogen-bond donors (Lipinski definition) is 2. The maximum atomic E-state index is 10.0. The van der Waals surface area contributed by atoms with E-state index in [1.165, 1.54) is 0 Å². The lowest BCUT2D eigenvalue weighted by Gasteiger charge is -2.38. The van der Waals surface area contributed by atoms with E-state index < -0.39 is 0 Å². The minimum Gasteiger partial charge on any atom is -0.358 e. The smallest absolute Gasteiger partial charge is 0.207 e. The second-order valence-corrected chi connectivity index (χ2v) is 2.91. The normalized spacial score (nSPS) is 30.1. The van der Waals surface area contributed by atoms with Gasteiger partial charge in [-0.1, -0.05) is 6.08 Å². The van der Waals surface area contributed by atoms with E-state index in [4.69, 9.17) is 4.84 Å². The average Bonchev–Trinajstić information content (AvgIpc) is 2.09. The Kier molecular flexibility index (Phi) is 3.25. The molecule has 1 rings (SSSR count). The van der Waals surface area contributed by atoms with E-state index in [-0.39, 0.29) is 12.0 Å². The predicted molar refractivity (Wildman–Crippen MR) is 45.2 cm³/mol. The summed E-state index contributed by atoms with van der Waals surface area (Å²) in [6.45, 7) is 6.31. The Morgan fingerprint density at radius 2 is 2.58 bits per heavy atom. The molecule has 1 saturated heterocycles. The van der Waals surface area contributed by atoms with Gasteiger partial charge < -0.3 is 5.32 Å². The first-order chi connectivity index (χ1) is 5.79. The second-order valence-electron chi connectivity index (χ2n) is 2.91. The van der Waals surface area contributed by atoms with Gasteiger partial charge in [-0.3, -0.25) is 9.63 Å². The van der Waals surface area contributed by atoms with Crippen LogP contribution in [-0.4, -0.2) is 25.1 Å². The minimum absolute atomic E-state index is 0.134. The summed E-state index contributed by atoms with van der Waals surface area (Å²) in [6.07, 6.45) is 2.63. The maximum Gasteiger partial charge on any atom is 0.207 e. The second kappa shape index (κ2) is 4.23. The lowest BCUT2D eigenvalue weighted by molar-refractivity contribution is -0.178. The summed E-state index contributed by atoms with van der Waals surface area (Å²) >= 11 is 0. The van der Waals surface area contributed by atoms with Gasteiger partial charge in [-0.05, 0) is 6.92 Å². The highest BCUT2D eigenvalue weighted by Crippen LogP contribution is 2.18. The molecule has 4 nitrogen and oxygen atoms in total. The Hall–Kier alpha value is -0.870. The molecule has 2 N–H and O–H groups in total.